The Morgan fingerprint density at radius 3 is 2.44 bits per heavy atom. The van der Waals surface area contributed by atoms with Gasteiger partial charge in [0.05, 0.1) is 0 Å². The number of nitrogens with two attached hydrogens (primary N) is 1. The SMILES string of the molecule is CC(CCN)c1ccc(-c2cc(F)cc(F)c2)s1. The molecule has 2 aromatic rings. The molecular weight excluding hydrogens is 252 g/mol. The molecule has 18 heavy (non-hydrogen) atoms. The second kappa shape index (κ2) is 5.59. The Balaban J connectivity index is 2.29. The number of thiophene rings is 1. The van der Waals surface area contributed by atoms with Crippen molar-refractivity contribution in [2.45, 2.75) is 19.3 Å². The van der Waals surface area contributed by atoms with Crippen molar-refractivity contribution in [3.05, 3.63) is 46.8 Å². The van der Waals surface area contributed by atoms with Crippen LogP contribution in [0, 0.1) is 11.6 Å². The van der Waals surface area contributed by atoms with Gasteiger partial charge in [-0.2, -0.15) is 0 Å². The van der Waals surface area contributed by atoms with Gasteiger partial charge < -0.3 is 5.73 Å². The van der Waals surface area contributed by atoms with E-state index in [1.807, 2.05) is 12.1 Å². The van der Waals surface area contributed by atoms with Gasteiger partial charge in [0.2, 0.25) is 0 Å². The number of hydrogen-bond donors (Lipinski definition) is 1. The van der Waals surface area contributed by atoms with E-state index in [4.69, 9.17) is 5.73 Å². The lowest BCUT2D eigenvalue weighted by atomic mass is 10.1. The fraction of sp³-hybridized carbons (Fsp3) is 0.286. The number of hydrogen-bond acceptors (Lipinski definition) is 2. The van der Waals surface area contributed by atoms with Gasteiger partial charge in [-0.1, -0.05) is 6.92 Å². The highest BCUT2D eigenvalue weighted by Crippen LogP contribution is 2.33. The lowest BCUT2D eigenvalue weighted by Crippen LogP contribution is -2.03. The minimum absolute atomic E-state index is 0.382. The van der Waals surface area contributed by atoms with Crippen LogP contribution < -0.4 is 5.73 Å². The second-order valence-electron chi connectivity index (χ2n) is 4.34. The van der Waals surface area contributed by atoms with Crippen LogP contribution in [0.3, 0.4) is 0 Å². The molecule has 0 aliphatic carbocycles. The van der Waals surface area contributed by atoms with Crippen molar-refractivity contribution in [2.75, 3.05) is 6.54 Å². The van der Waals surface area contributed by atoms with Gasteiger partial charge in [-0.05, 0) is 48.7 Å². The van der Waals surface area contributed by atoms with E-state index >= 15 is 0 Å². The zero-order chi connectivity index (χ0) is 13.1. The van der Waals surface area contributed by atoms with Crippen molar-refractivity contribution in [3.8, 4) is 10.4 Å². The van der Waals surface area contributed by atoms with Gasteiger partial charge in [-0.3, -0.25) is 0 Å². The molecule has 1 atom stereocenters. The summed E-state index contributed by atoms with van der Waals surface area (Å²) in [7, 11) is 0. The summed E-state index contributed by atoms with van der Waals surface area (Å²) in [6.07, 6.45) is 0.914. The van der Waals surface area contributed by atoms with Crippen LogP contribution in [0.2, 0.25) is 0 Å². The normalized spacial score (nSPS) is 12.7. The molecule has 0 radical (unpaired) electrons. The first kappa shape index (κ1) is 13.2. The molecular formula is C14H15F2NS. The molecule has 1 unspecified atom stereocenters. The Bertz CT molecular complexity index is 516. The van der Waals surface area contributed by atoms with Crippen LogP contribution in [0.1, 0.15) is 24.1 Å². The average molecular weight is 267 g/mol. The quantitative estimate of drug-likeness (QED) is 0.885. The van der Waals surface area contributed by atoms with Crippen LogP contribution in [0.5, 0.6) is 0 Å². The molecule has 0 amide bonds. The summed E-state index contributed by atoms with van der Waals surface area (Å²) in [5.41, 5.74) is 6.12. The summed E-state index contributed by atoms with van der Waals surface area (Å²) < 4.78 is 26.3. The van der Waals surface area contributed by atoms with Gasteiger partial charge in [0.25, 0.3) is 0 Å². The molecule has 1 heterocycles. The van der Waals surface area contributed by atoms with Gasteiger partial charge in [-0.15, -0.1) is 11.3 Å². The van der Waals surface area contributed by atoms with Crippen molar-refractivity contribution < 1.29 is 8.78 Å². The van der Waals surface area contributed by atoms with Crippen molar-refractivity contribution in [2.24, 2.45) is 5.73 Å². The summed E-state index contributed by atoms with van der Waals surface area (Å²) in [6.45, 7) is 2.75. The van der Waals surface area contributed by atoms with E-state index in [2.05, 4.69) is 6.92 Å². The lowest BCUT2D eigenvalue weighted by molar-refractivity contribution is 0.584. The molecule has 0 fully saturated rings. The smallest absolute Gasteiger partial charge is 0.126 e. The van der Waals surface area contributed by atoms with Crippen LogP contribution in [0.15, 0.2) is 30.3 Å². The Morgan fingerprint density at radius 2 is 1.83 bits per heavy atom. The van der Waals surface area contributed by atoms with E-state index < -0.39 is 11.6 Å². The Kier molecular flexibility index (Phi) is 4.09. The first-order valence-electron chi connectivity index (χ1n) is 5.86. The lowest BCUT2D eigenvalue weighted by Gasteiger charge is -2.06. The standard InChI is InChI=1S/C14H15F2NS/c1-9(4-5-17)13-2-3-14(18-13)10-6-11(15)8-12(16)7-10/h2-3,6-9H,4-5,17H2,1H3. The predicted molar refractivity (Wildman–Crippen MR) is 71.8 cm³/mol. The molecule has 1 nitrogen and oxygen atoms in total. The first-order valence-corrected chi connectivity index (χ1v) is 6.68. The second-order valence-corrected chi connectivity index (χ2v) is 5.45. The zero-order valence-corrected chi connectivity index (χ0v) is 10.9. The molecule has 1 aromatic carbocycles. The molecule has 2 N–H and O–H groups in total. The first-order chi connectivity index (χ1) is 8.60. The van der Waals surface area contributed by atoms with Crippen LogP contribution in [0.25, 0.3) is 10.4 Å². The third-order valence-electron chi connectivity index (χ3n) is 2.86. The molecule has 0 spiro atoms. The van der Waals surface area contributed by atoms with E-state index in [0.717, 1.165) is 17.4 Å². The summed E-state index contributed by atoms with van der Waals surface area (Å²) >= 11 is 1.56. The Hall–Kier alpha value is -1.26. The van der Waals surface area contributed by atoms with Crippen LogP contribution in [-0.2, 0) is 0 Å². The largest absolute Gasteiger partial charge is 0.330 e. The molecule has 0 aliphatic rings. The summed E-state index contributed by atoms with van der Waals surface area (Å²) in [6, 6.07) is 7.50. The van der Waals surface area contributed by atoms with Crippen LogP contribution in [-0.4, -0.2) is 6.54 Å². The Labute approximate surface area is 109 Å². The zero-order valence-electron chi connectivity index (χ0n) is 10.1. The predicted octanol–water partition coefficient (Wildman–Crippen LogP) is 4.15. The summed E-state index contributed by atoms with van der Waals surface area (Å²) in [5, 5.41) is 0. The topological polar surface area (TPSA) is 26.0 Å². The molecule has 96 valence electrons. The van der Waals surface area contributed by atoms with Crippen LogP contribution >= 0.6 is 11.3 Å². The molecule has 0 bridgehead atoms. The number of benzene rings is 1. The van der Waals surface area contributed by atoms with E-state index in [1.165, 1.54) is 17.0 Å². The van der Waals surface area contributed by atoms with E-state index in [0.29, 0.717) is 18.0 Å². The van der Waals surface area contributed by atoms with Gasteiger partial charge in [-0.25, -0.2) is 8.78 Å². The number of rotatable bonds is 4. The summed E-state index contributed by atoms with van der Waals surface area (Å²) in [5.74, 6) is -0.711. The van der Waals surface area contributed by atoms with Gasteiger partial charge in [0.1, 0.15) is 11.6 Å². The molecule has 1 aromatic heterocycles. The molecule has 4 heteroatoms. The van der Waals surface area contributed by atoms with Crippen molar-refractivity contribution in [1.29, 1.82) is 0 Å². The van der Waals surface area contributed by atoms with Crippen LogP contribution in [0.4, 0.5) is 8.78 Å². The number of halogens is 2. The average Bonchev–Trinajstić information content (AvgIpc) is 2.77. The fourth-order valence-electron chi connectivity index (χ4n) is 1.86. The molecule has 0 saturated heterocycles. The third kappa shape index (κ3) is 2.94. The fourth-order valence-corrected chi connectivity index (χ4v) is 2.94. The third-order valence-corrected chi connectivity index (χ3v) is 4.23. The van der Waals surface area contributed by atoms with Crippen molar-refractivity contribution in [1.82, 2.24) is 0 Å². The van der Waals surface area contributed by atoms with Crippen molar-refractivity contribution in [3.63, 3.8) is 0 Å². The highest BCUT2D eigenvalue weighted by atomic mass is 32.1. The Morgan fingerprint density at radius 1 is 1.17 bits per heavy atom. The highest BCUT2D eigenvalue weighted by Gasteiger charge is 2.10. The minimum atomic E-state index is -0.546. The maximum Gasteiger partial charge on any atom is 0.126 e. The van der Waals surface area contributed by atoms with Gasteiger partial charge in [0, 0.05) is 15.8 Å². The van der Waals surface area contributed by atoms with Gasteiger partial charge >= 0.3 is 0 Å². The maximum atomic E-state index is 13.1. The van der Waals surface area contributed by atoms with Crippen molar-refractivity contribution >= 4 is 11.3 Å². The molecule has 2 rings (SSSR count). The van der Waals surface area contributed by atoms with Gasteiger partial charge in [0.15, 0.2) is 0 Å². The molecule has 0 saturated carbocycles. The summed E-state index contributed by atoms with van der Waals surface area (Å²) in [4.78, 5) is 2.08. The minimum Gasteiger partial charge on any atom is -0.330 e. The monoisotopic (exact) mass is 267 g/mol. The van der Waals surface area contributed by atoms with E-state index in [1.54, 1.807) is 11.3 Å². The molecule has 0 aliphatic heterocycles. The maximum absolute atomic E-state index is 13.1. The van der Waals surface area contributed by atoms with E-state index in [-0.39, 0.29) is 0 Å². The highest BCUT2D eigenvalue weighted by molar-refractivity contribution is 7.15. The van der Waals surface area contributed by atoms with E-state index in [9.17, 15) is 8.78 Å².